The quantitative estimate of drug-likeness (QED) is 0.539. The Morgan fingerprint density at radius 3 is 2.88 bits per heavy atom. The summed E-state index contributed by atoms with van der Waals surface area (Å²) >= 11 is 7.48. The van der Waals surface area contributed by atoms with Crippen molar-refractivity contribution in [2.45, 2.75) is 6.54 Å². The molecule has 130 valence electrons. The lowest BCUT2D eigenvalue weighted by molar-refractivity contribution is 0.102. The zero-order valence-corrected chi connectivity index (χ0v) is 15.1. The van der Waals surface area contributed by atoms with Crippen molar-refractivity contribution in [3.05, 3.63) is 76.5 Å². The zero-order chi connectivity index (χ0) is 17.9. The van der Waals surface area contributed by atoms with Crippen LogP contribution in [-0.2, 0) is 6.54 Å². The Bertz CT molecular complexity index is 1020. The van der Waals surface area contributed by atoms with Crippen molar-refractivity contribution in [2.24, 2.45) is 0 Å². The highest BCUT2D eigenvalue weighted by Gasteiger charge is 2.13. The summed E-state index contributed by atoms with van der Waals surface area (Å²) in [6.45, 7) is 0.595. The molecular formula is C18H14ClN5OS. The van der Waals surface area contributed by atoms with Gasteiger partial charge in [-0.05, 0) is 35.2 Å². The van der Waals surface area contributed by atoms with Crippen LogP contribution in [0.2, 0.25) is 5.02 Å². The number of amides is 1. The van der Waals surface area contributed by atoms with E-state index in [9.17, 15) is 4.79 Å². The lowest BCUT2D eigenvalue weighted by Gasteiger charge is -2.02. The van der Waals surface area contributed by atoms with E-state index in [1.807, 2.05) is 41.8 Å². The average molecular weight is 384 g/mol. The molecule has 0 unspecified atom stereocenters. The molecule has 0 saturated carbocycles. The fourth-order valence-corrected chi connectivity index (χ4v) is 3.30. The highest BCUT2D eigenvalue weighted by Crippen LogP contribution is 2.23. The van der Waals surface area contributed by atoms with Crippen LogP contribution in [-0.4, -0.2) is 25.9 Å². The minimum absolute atomic E-state index is 0.282. The number of hydrogen-bond acceptors (Lipinski definition) is 4. The molecule has 0 radical (unpaired) electrons. The van der Waals surface area contributed by atoms with Gasteiger partial charge >= 0.3 is 0 Å². The van der Waals surface area contributed by atoms with Crippen LogP contribution in [0.15, 0.2) is 60.2 Å². The summed E-state index contributed by atoms with van der Waals surface area (Å²) < 4.78 is 1.75. The fourth-order valence-electron chi connectivity index (χ4n) is 2.48. The topological polar surface area (TPSA) is 75.6 Å². The van der Waals surface area contributed by atoms with Gasteiger partial charge in [0.25, 0.3) is 5.91 Å². The molecule has 0 aliphatic rings. The molecule has 0 aliphatic heterocycles. The Morgan fingerprint density at radius 2 is 2.12 bits per heavy atom. The first-order valence-electron chi connectivity index (χ1n) is 7.85. The summed E-state index contributed by atoms with van der Waals surface area (Å²) in [5.41, 5.74) is 2.84. The molecule has 0 fully saturated rings. The number of rotatable bonds is 5. The monoisotopic (exact) mass is 383 g/mol. The molecule has 3 heterocycles. The van der Waals surface area contributed by atoms with Crippen molar-refractivity contribution in [3.63, 3.8) is 0 Å². The normalized spacial score (nSPS) is 10.8. The van der Waals surface area contributed by atoms with Gasteiger partial charge < -0.3 is 5.32 Å². The third-order valence-corrected chi connectivity index (χ3v) is 4.90. The van der Waals surface area contributed by atoms with Crippen molar-refractivity contribution in [2.75, 3.05) is 5.32 Å². The molecule has 6 nitrogen and oxygen atoms in total. The van der Waals surface area contributed by atoms with E-state index in [4.69, 9.17) is 11.6 Å². The maximum Gasteiger partial charge on any atom is 0.276 e. The first-order chi connectivity index (χ1) is 12.7. The minimum atomic E-state index is -0.282. The van der Waals surface area contributed by atoms with E-state index >= 15 is 0 Å². The number of hydrogen-bond donors (Lipinski definition) is 2. The number of halogens is 1. The Hall–Kier alpha value is -2.90. The predicted molar refractivity (Wildman–Crippen MR) is 103 cm³/mol. The second-order valence-corrected chi connectivity index (χ2v) is 7.04. The number of carbonyl (C=O) groups excluding carboxylic acids is 1. The molecular weight excluding hydrogens is 370 g/mol. The first kappa shape index (κ1) is 16.6. The van der Waals surface area contributed by atoms with E-state index in [1.165, 1.54) is 0 Å². The van der Waals surface area contributed by atoms with Crippen molar-refractivity contribution in [1.29, 1.82) is 0 Å². The SMILES string of the molecule is O=C(Nc1cnn(Cc2ccc(Cl)cc2)c1)c1cc(-c2cccs2)[nH]n1. The number of H-pyrrole nitrogens is 1. The molecule has 0 bridgehead atoms. The molecule has 3 aromatic heterocycles. The molecule has 1 amide bonds. The fraction of sp³-hybridized carbons (Fsp3) is 0.0556. The van der Waals surface area contributed by atoms with Crippen LogP contribution in [0.3, 0.4) is 0 Å². The third kappa shape index (κ3) is 3.68. The van der Waals surface area contributed by atoms with E-state index in [2.05, 4.69) is 20.6 Å². The number of nitrogens with zero attached hydrogens (tertiary/aromatic N) is 3. The number of benzene rings is 1. The largest absolute Gasteiger partial charge is 0.318 e. The average Bonchev–Trinajstić information content (AvgIpc) is 3.38. The van der Waals surface area contributed by atoms with Crippen LogP contribution in [0.25, 0.3) is 10.6 Å². The molecule has 8 heteroatoms. The van der Waals surface area contributed by atoms with E-state index in [1.54, 1.807) is 34.5 Å². The van der Waals surface area contributed by atoms with E-state index < -0.39 is 0 Å². The van der Waals surface area contributed by atoms with Gasteiger partial charge in [-0.25, -0.2) is 0 Å². The van der Waals surface area contributed by atoms with Crippen molar-refractivity contribution in [3.8, 4) is 10.6 Å². The number of aromatic amines is 1. The van der Waals surface area contributed by atoms with Gasteiger partial charge in [0, 0.05) is 11.2 Å². The summed E-state index contributed by atoms with van der Waals surface area (Å²) in [5.74, 6) is -0.282. The Labute approximate surface area is 158 Å². The van der Waals surface area contributed by atoms with Crippen molar-refractivity contribution in [1.82, 2.24) is 20.0 Å². The van der Waals surface area contributed by atoms with Gasteiger partial charge in [0.1, 0.15) is 0 Å². The molecule has 0 spiro atoms. The van der Waals surface area contributed by atoms with Gasteiger partial charge in [0.15, 0.2) is 5.69 Å². The van der Waals surface area contributed by atoms with Crippen LogP contribution in [0, 0.1) is 0 Å². The highest BCUT2D eigenvalue weighted by atomic mass is 35.5. The van der Waals surface area contributed by atoms with Gasteiger partial charge in [0.05, 0.1) is 29.0 Å². The molecule has 0 atom stereocenters. The zero-order valence-electron chi connectivity index (χ0n) is 13.5. The second-order valence-electron chi connectivity index (χ2n) is 5.65. The van der Waals surface area contributed by atoms with Gasteiger partial charge in [-0.1, -0.05) is 29.8 Å². The number of carbonyl (C=O) groups is 1. The molecule has 26 heavy (non-hydrogen) atoms. The maximum absolute atomic E-state index is 12.4. The molecule has 0 saturated heterocycles. The van der Waals surface area contributed by atoms with Crippen LogP contribution < -0.4 is 5.32 Å². The minimum Gasteiger partial charge on any atom is -0.318 e. The highest BCUT2D eigenvalue weighted by molar-refractivity contribution is 7.13. The van der Waals surface area contributed by atoms with Gasteiger partial charge in [0.2, 0.25) is 0 Å². The first-order valence-corrected chi connectivity index (χ1v) is 9.11. The van der Waals surface area contributed by atoms with Crippen molar-refractivity contribution >= 4 is 34.5 Å². The summed E-state index contributed by atoms with van der Waals surface area (Å²) in [6, 6.07) is 13.2. The van der Waals surface area contributed by atoms with Gasteiger partial charge in [-0.3, -0.25) is 14.6 Å². The smallest absolute Gasteiger partial charge is 0.276 e. The van der Waals surface area contributed by atoms with Crippen molar-refractivity contribution < 1.29 is 4.79 Å². The summed E-state index contributed by atoms with van der Waals surface area (Å²) in [6.07, 6.45) is 3.39. The number of nitrogens with one attached hydrogen (secondary N) is 2. The standard InChI is InChI=1S/C18H14ClN5OS/c19-13-5-3-12(4-6-13)10-24-11-14(9-20-24)21-18(25)16-8-15(22-23-16)17-2-1-7-26-17/h1-9,11H,10H2,(H,21,25)(H,22,23). The van der Waals surface area contributed by atoms with Crippen LogP contribution in [0.5, 0.6) is 0 Å². The molecule has 4 rings (SSSR count). The number of aromatic nitrogens is 4. The van der Waals surface area contributed by atoms with Gasteiger partial charge in [-0.15, -0.1) is 11.3 Å². The predicted octanol–water partition coefficient (Wildman–Crippen LogP) is 4.29. The number of thiophene rings is 1. The molecule has 1 aromatic carbocycles. The maximum atomic E-state index is 12.4. The Morgan fingerprint density at radius 1 is 1.27 bits per heavy atom. The third-order valence-electron chi connectivity index (χ3n) is 3.75. The van der Waals surface area contributed by atoms with E-state index in [0.717, 1.165) is 16.1 Å². The lowest BCUT2D eigenvalue weighted by atomic mass is 10.2. The second kappa shape index (κ2) is 7.15. The number of anilines is 1. The van der Waals surface area contributed by atoms with E-state index in [0.29, 0.717) is 22.9 Å². The van der Waals surface area contributed by atoms with Crippen LogP contribution >= 0.6 is 22.9 Å². The molecule has 0 aliphatic carbocycles. The van der Waals surface area contributed by atoms with Crippen LogP contribution in [0.1, 0.15) is 16.1 Å². The summed E-state index contributed by atoms with van der Waals surface area (Å²) in [7, 11) is 0. The summed E-state index contributed by atoms with van der Waals surface area (Å²) in [5, 5.41) is 16.7. The van der Waals surface area contributed by atoms with Crippen LogP contribution in [0.4, 0.5) is 5.69 Å². The Balaban J connectivity index is 1.42. The molecule has 2 N–H and O–H groups in total. The van der Waals surface area contributed by atoms with Gasteiger partial charge in [-0.2, -0.15) is 10.2 Å². The summed E-state index contributed by atoms with van der Waals surface area (Å²) in [4.78, 5) is 13.4. The lowest BCUT2D eigenvalue weighted by Crippen LogP contribution is -2.11. The molecule has 4 aromatic rings. The Kier molecular flexibility index (Phi) is 4.55. The van der Waals surface area contributed by atoms with E-state index in [-0.39, 0.29) is 5.91 Å².